The third-order valence-electron chi connectivity index (χ3n) is 3.00. The Morgan fingerprint density at radius 3 is 3.06 bits per heavy atom. The molecule has 1 atom stereocenters. The minimum absolute atomic E-state index is 0.0123. The van der Waals surface area contributed by atoms with Gasteiger partial charge < -0.3 is 9.64 Å². The van der Waals surface area contributed by atoms with Gasteiger partial charge >= 0.3 is 0 Å². The maximum Gasteiger partial charge on any atom is 0.256 e. The first-order valence-electron chi connectivity index (χ1n) is 5.89. The molecule has 5 nitrogen and oxygen atoms in total. The molecular formula is C12H16BrN3O2. The highest BCUT2D eigenvalue weighted by Crippen LogP contribution is 2.16. The third kappa shape index (κ3) is 2.70. The molecule has 1 fully saturated rings. The van der Waals surface area contributed by atoms with Gasteiger partial charge in [-0.3, -0.25) is 4.79 Å². The van der Waals surface area contributed by atoms with Gasteiger partial charge in [-0.05, 0) is 19.9 Å². The lowest BCUT2D eigenvalue weighted by Gasteiger charge is -2.34. The first-order chi connectivity index (χ1) is 8.63. The summed E-state index contributed by atoms with van der Waals surface area (Å²) in [6.45, 7) is 5.43. The van der Waals surface area contributed by atoms with E-state index < -0.39 is 0 Å². The third-order valence-corrected chi connectivity index (χ3v) is 3.75. The van der Waals surface area contributed by atoms with E-state index in [1.165, 1.54) is 0 Å². The molecule has 0 radical (unpaired) electrons. The Bertz CT molecular complexity index is 453. The highest BCUT2D eigenvalue weighted by Gasteiger charge is 2.28. The molecule has 1 aliphatic rings. The van der Waals surface area contributed by atoms with Crippen LogP contribution >= 0.6 is 15.9 Å². The molecule has 2 heterocycles. The van der Waals surface area contributed by atoms with Gasteiger partial charge in [0.25, 0.3) is 5.91 Å². The molecule has 0 N–H and O–H groups in total. The zero-order chi connectivity index (χ0) is 13.1. The van der Waals surface area contributed by atoms with Crippen molar-refractivity contribution in [1.29, 1.82) is 0 Å². The second kappa shape index (κ2) is 5.75. The van der Waals surface area contributed by atoms with Gasteiger partial charge in [0.1, 0.15) is 0 Å². The normalized spacial score (nSPS) is 19.9. The summed E-state index contributed by atoms with van der Waals surface area (Å²) < 4.78 is 5.39. The average molecular weight is 314 g/mol. The monoisotopic (exact) mass is 313 g/mol. The van der Waals surface area contributed by atoms with Crippen molar-refractivity contribution in [1.82, 2.24) is 15.1 Å². The van der Waals surface area contributed by atoms with E-state index in [4.69, 9.17) is 4.74 Å². The molecule has 1 unspecified atom stereocenters. The molecule has 0 aliphatic carbocycles. The van der Waals surface area contributed by atoms with E-state index in [0.29, 0.717) is 31.0 Å². The van der Waals surface area contributed by atoms with E-state index in [9.17, 15) is 4.79 Å². The number of hydrogen-bond acceptors (Lipinski definition) is 4. The molecule has 1 amide bonds. The molecule has 0 aromatic carbocycles. The first kappa shape index (κ1) is 13.4. The largest absolute Gasteiger partial charge is 0.377 e. The minimum atomic E-state index is 0.0123. The number of carbonyl (C=O) groups excluding carboxylic acids is 1. The van der Waals surface area contributed by atoms with Crippen LogP contribution in [0, 0.1) is 13.8 Å². The predicted molar refractivity (Wildman–Crippen MR) is 70.9 cm³/mol. The molecule has 18 heavy (non-hydrogen) atoms. The van der Waals surface area contributed by atoms with Crippen LogP contribution in [0.1, 0.15) is 21.7 Å². The number of hydrogen-bond donors (Lipinski definition) is 0. The maximum atomic E-state index is 12.5. The van der Waals surface area contributed by atoms with Crippen molar-refractivity contribution in [3.05, 3.63) is 23.0 Å². The number of nitrogens with zero attached hydrogens (tertiary/aromatic N) is 3. The van der Waals surface area contributed by atoms with Crippen molar-refractivity contribution in [2.75, 3.05) is 25.1 Å². The smallest absolute Gasteiger partial charge is 0.256 e. The molecule has 0 saturated carbocycles. The Balaban J connectivity index is 2.26. The summed E-state index contributed by atoms with van der Waals surface area (Å²) >= 11 is 3.42. The zero-order valence-corrected chi connectivity index (χ0v) is 12.1. The number of ether oxygens (including phenoxy) is 1. The Morgan fingerprint density at radius 1 is 1.56 bits per heavy atom. The van der Waals surface area contributed by atoms with E-state index in [0.717, 1.165) is 11.0 Å². The van der Waals surface area contributed by atoms with Crippen molar-refractivity contribution in [2.24, 2.45) is 0 Å². The van der Waals surface area contributed by atoms with Crippen LogP contribution in [0.25, 0.3) is 0 Å². The summed E-state index contributed by atoms with van der Waals surface area (Å²) in [6.07, 6.45) is 0. The lowest BCUT2D eigenvalue weighted by molar-refractivity contribution is 0.00516. The lowest BCUT2D eigenvalue weighted by Crippen LogP contribution is -2.49. The van der Waals surface area contributed by atoms with Crippen LogP contribution in [0.2, 0.25) is 0 Å². The Kier molecular flexibility index (Phi) is 4.29. The molecule has 6 heteroatoms. The van der Waals surface area contributed by atoms with Gasteiger partial charge in [-0.15, -0.1) is 0 Å². The molecule has 1 aromatic rings. The summed E-state index contributed by atoms with van der Waals surface area (Å²) in [6, 6.07) is 1.88. The van der Waals surface area contributed by atoms with E-state index in [1.54, 1.807) is 6.07 Å². The van der Waals surface area contributed by atoms with Gasteiger partial charge in [0.2, 0.25) is 0 Å². The molecule has 98 valence electrons. The Morgan fingerprint density at radius 2 is 2.33 bits per heavy atom. The van der Waals surface area contributed by atoms with Crippen LogP contribution in [-0.2, 0) is 4.74 Å². The van der Waals surface area contributed by atoms with Crippen molar-refractivity contribution in [2.45, 2.75) is 19.9 Å². The summed E-state index contributed by atoms with van der Waals surface area (Å²) in [4.78, 5) is 14.4. The number of carbonyl (C=O) groups is 1. The predicted octanol–water partition coefficient (Wildman–Crippen LogP) is 1.33. The Hall–Kier alpha value is -1.01. The van der Waals surface area contributed by atoms with Crippen LogP contribution in [0.15, 0.2) is 6.07 Å². The van der Waals surface area contributed by atoms with Crippen LogP contribution in [0.4, 0.5) is 0 Å². The van der Waals surface area contributed by atoms with E-state index >= 15 is 0 Å². The van der Waals surface area contributed by atoms with Crippen molar-refractivity contribution in [3.63, 3.8) is 0 Å². The molecule has 1 aromatic heterocycles. The number of aromatic nitrogens is 2. The summed E-state index contributed by atoms with van der Waals surface area (Å²) in [7, 11) is 0. The van der Waals surface area contributed by atoms with Crippen LogP contribution in [0.3, 0.4) is 0 Å². The van der Waals surface area contributed by atoms with Crippen molar-refractivity contribution in [3.8, 4) is 0 Å². The summed E-state index contributed by atoms with van der Waals surface area (Å²) in [5, 5.41) is 8.67. The number of morpholine rings is 1. The SMILES string of the molecule is Cc1cc(C(=O)N2CCOCC2CBr)c(C)nn1. The molecule has 0 spiro atoms. The van der Waals surface area contributed by atoms with Gasteiger partial charge in [-0.2, -0.15) is 10.2 Å². The lowest BCUT2D eigenvalue weighted by atomic mass is 10.1. The van der Waals surface area contributed by atoms with Gasteiger partial charge in [0.05, 0.1) is 36.2 Å². The number of halogens is 1. The standard InChI is InChI=1S/C12H16BrN3O2/c1-8-5-11(9(2)15-14-8)12(17)16-3-4-18-7-10(16)6-13/h5,10H,3-4,6-7H2,1-2H3. The van der Waals surface area contributed by atoms with Gasteiger partial charge in [0, 0.05) is 11.9 Å². The molecule has 0 bridgehead atoms. The second-order valence-corrected chi connectivity index (χ2v) is 5.01. The summed E-state index contributed by atoms with van der Waals surface area (Å²) in [5.41, 5.74) is 2.06. The average Bonchev–Trinajstić information content (AvgIpc) is 2.40. The maximum absolute atomic E-state index is 12.5. The van der Waals surface area contributed by atoms with Crippen molar-refractivity contribution >= 4 is 21.8 Å². The molecule has 1 saturated heterocycles. The van der Waals surface area contributed by atoms with Gasteiger partial charge in [0.15, 0.2) is 0 Å². The quantitative estimate of drug-likeness (QED) is 0.773. The number of amides is 1. The van der Waals surface area contributed by atoms with Crippen LogP contribution in [-0.4, -0.2) is 52.1 Å². The minimum Gasteiger partial charge on any atom is -0.377 e. The molecule has 2 rings (SSSR count). The Labute approximate surface area is 115 Å². The summed E-state index contributed by atoms with van der Waals surface area (Å²) in [5.74, 6) is 0.0123. The van der Waals surface area contributed by atoms with E-state index in [2.05, 4.69) is 26.1 Å². The topological polar surface area (TPSA) is 55.3 Å². The van der Waals surface area contributed by atoms with Crippen LogP contribution < -0.4 is 0 Å². The zero-order valence-electron chi connectivity index (χ0n) is 10.5. The van der Waals surface area contributed by atoms with E-state index in [1.807, 2.05) is 18.7 Å². The first-order valence-corrected chi connectivity index (χ1v) is 7.01. The van der Waals surface area contributed by atoms with Crippen molar-refractivity contribution < 1.29 is 9.53 Å². The fourth-order valence-corrected chi connectivity index (χ4v) is 2.51. The van der Waals surface area contributed by atoms with Crippen LogP contribution in [0.5, 0.6) is 0 Å². The second-order valence-electron chi connectivity index (χ2n) is 4.37. The highest BCUT2D eigenvalue weighted by atomic mass is 79.9. The number of aryl methyl sites for hydroxylation is 2. The number of alkyl halides is 1. The van der Waals surface area contributed by atoms with E-state index in [-0.39, 0.29) is 11.9 Å². The fraction of sp³-hybridized carbons (Fsp3) is 0.583. The molecule has 1 aliphatic heterocycles. The highest BCUT2D eigenvalue weighted by molar-refractivity contribution is 9.09. The fourth-order valence-electron chi connectivity index (χ4n) is 1.97. The van der Waals surface area contributed by atoms with Gasteiger partial charge in [-0.1, -0.05) is 15.9 Å². The number of rotatable bonds is 2. The molecular weight excluding hydrogens is 298 g/mol. The van der Waals surface area contributed by atoms with Gasteiger partial charge in [-0.25, -0.2) is 0 Å².